The van der Waals surface area contributed by atoms with E-state index in [4.69, 9.17) is 0 Å². The maximum absolute atomic E-state index is 4.21. The van der Waals surface area contributed by atoms with Crippen molar-refractivity contribution >= 4 is 16.6 Å². The molecule has 5 heteroatoms. The molecular formula is C18H21N5. The van der Waals surface area contributed by atoms with E-state index < -0.39 is 0 Å². The van der Waals surface area contributed by atoms with E-state index in [1.54, 1.807) is 0 Å². The Bertz CT molecular complexity index is 767. The fourth-order valence-electron chi connectivity index (χ4n) is 3.34. The second kappa shape index (κ2) is 6.38. The summed E-state index contributed by atoms with van der Waals surface area (Å²) in [6.07, 6.45) is 8.11. The van der Waals surface area contributed by atoms with Crippen molar-refractivity contribution in [3.05, 3.63) is 54.5 Å². The van der Waals surface area contributed by atoms with Crippen LogP contribution in [0.25, 0.3) is 10.9 Å². The molecule has 23 heavy (non-hydrogen) atoms. The van der Waals surface area contributed by atoms with Crippen LogP contribution in [0.4, 0.5) is 5.69 Å². The molecule has 1 aromatic carbocycles. The van der Waals surface area contributed by atoms with Crippen LogP contribution in [0.1, 0.15) is 18.4 Å². The van der Waals surface area contributed by atoms with Gasteiger partial charge in [0.2, 0.25) is 0 Å². The normalized spacial score (nSPS) is 19.0. The number of aromatic amines is 1. The standard InChI is InChI=1S/C18H21N5/c1-3-14(10-19-7-1)12-23-8-2-4-17(13-23)21-16-5-6-18-15(9-16)11-20-22-18/h1,3,5-7,9-11,17,21H,2,4,8,12-13H2,(H,20,22). The zero-order valence-corrected chi connectivity index (χ0v) is 13.1. The van der Waals surface area contributed by atoms with Crippen LogP contribution in [0.2, 0.25) is 0 Å². The van der Waals surface area contributed by atoms with Crippen molar-refractivity contribution in [3.8, 4) is 0 Å². The number of likely N-dealkylation sites (tertiary alicyclic amines) is 1. The maximum Gasteiger partial charge on any atom is 0.0651 e. The Morgan fingerprint density at radius 1 is 1.26 bits per heavy atom. The highest BCUT2D eigenvalue weighted by Crippen LogP contribution is 2.21. The molecule has 118 valence electrons. The Morgan fingerprint density at radius 2 is 2.26 bits per heavy atom. The van der Waals surface area contributed by atoms with Gasteiger partial charge in [-0.05, 0) is 49.2 Å². The number of piperidine rings is 1. The second-order valence-corrected chi connectivity index (χ2v) is 6.25. The number of pyridine rings is 1. The third-order valence-corrected chi connectivity index (χ3v) is 4.45. The summed E-state index contributed by atoms with van der Waals surface area (Å²) >= 11 is 0. The lowest BCUT2D eigenvalue weighted by Gasteiger charge is -2.33. The van der Waals surface area contributed by atoms with Gasteiger partial charge in [0.15, 0.2) is 0 Å². The van der Waals surface area contributed by atoms with Gasteiger partial charge in [0.05, 0.1) is 11.7 Å². The number of nitrogens with zero attached hydrogens (tertiary/aromatic N) is 3. The summed E-state index contributed by atoms with van der Waals surface area (Å²) in [5, 5.41) is 11.9. The number of rotatable bonds is 4. The predicted molar refractivity (Wildman–Crippen MR) is 92.3 cm³/mol. The van der Waals surface area contributed by atoms with Crippen molar-refractivity contribution in [1.29, 1.82) is 0 Å². The minimum absolute atomic E-state index is 0.491. The smallest absolute Gasteiger partial charge is 0.0651 e. The van der Waals surface area contributed by atoms with Crippen molar-refractivity contribution in [2.75, 3.05) is 18.4 Å². The summed E-state index contributed by atoms with van der Waals surface area (Å²) in [6, 6.07) is 11.0. The first-order valence-corrected chi connectivity index (χ1v) is 8.18. The molecule has 1 aliphatic rings. The molecule has 0 radical (unpaired) electrons. The van der Waals surface area contributed by atoms with Gasteiger partial charge in [0.1, 0.15) is 0 Å². The Hall–Kier alpha value is -2.40. The molecule has 0 bridgehead atoms. The van der Waals surface area contributed by atoms with Gasteiger partial charge in [-0.3, -0.25) is 15.0 Å². The van der Waals surface area contributed by atoms with E-state index in [0.717, 1.165) is 30.5 Å². The Balaban J connectivity index is 1.40. The van der Waals surface area contributed by atoms with E-state index in [-0.39, 0.29) is 0 Å². The number of hydrogen-bond acceptors (Lipinski definition) is 4. The molecule has 2 N–H and O–H groups in total. The van der Waals surface area contributed by atoms with E-state index in [2.05, 4.69) is 49.7 Å². The molecule has 3 aromatic rings. The highest BCUT2D eigenvalue weighted by atomic mass is 15.2. The number of hydrogen-bond donors (Lipinski definition) is 2. The molecule has 1 unspecified atom stereocenters. The molecule has 0 amide bonds. The number of fused-ring (bicyclic) bond motifs is 1. The van der Waals surface area contributed by atoms with Gasteiger partial charge in [0, 0.05) is 42.6 Å². The first-order chi connectivity index (χ1) is 11.4. The molecule has 5 nitrogen and oxygen atoms in total. The second-order valence-electron chi connectivity index (χ2n) is 6.25. The molecule has 1 aliphatic heterocycles. The Kier molecular flexibility index (Phi) is 3.94. The van der Waals surface area contributed by atoms with Gasteiger partial charge in [0.25, 0.3) is 0 Å². The summed E-state index contributed by atoms with van der Waals surface area (Å²) in [7, 11) is 0. The fourth-order valence-corrected chi connectivity index (χ4v) is 3.34. The number of nitrogens with one attached hydrogen (secondary N) is 2. The molecule has 2 aromatic heterocycles. The fraction of sp³-hybridized carbons (Fsp3) is 0.333. The third kappa shape index (κ3) is 3.35. The maximum atomic E-state index is 4.21. The summed E-state index contributed by atoms with van der Waals surface area (Å²) in [4.78, 5) is 6.72. The number of benzene rings is 1. The molecule has 4 rings (SSSR count). The van der Waals surface area contributed by atoms with Crippen LogP contribution in [-0.4, -0.2) is 39.2 Å². The van der Waals surface area contributed by atoms with E-state index in [1.807, 2.05) is 24.7 Å². The first kappa shape index (κ1) is 14.2. The molecule has 0 aliphatic carbocycles. The van der Waals surface area contributed by atoms with Crippen molar-refractivity contribution in [1.82, 2.24) is 20.1 Å². The van der Waals surface area contributed by atoms with Gasteiger partial charge in [-0.25, -0.2) is 0 Å². The highest BCUT2D eigenvalue weighted by molar-refractivity contribution is 5.81. The summed E-state index contributed by atoms with van der Waals surface area (Å²) in [5.74, 6) is 0. The average Bonchev–Trinajstić information content (AvgIpc) is 3.04. The Morgan fingerprint density at radius 3 is 3.17 bits per heavy atom. The van der Waals surface area contributed by atoms with E-state index in [1.165, 1.54) is 24.1 Å². The van der Waals surface area contributed by atoms with Crippen molar-refractivity contribution in [2.24, 2.45) is 0 Å². The van der Waals surface area contributed by atoms with Crippen LogP contribution in [0, 0.1) is 0 Å². The number of aromatic nitrogens is 3. The minimum atomic E-state index is 0.491. The van der Waals surface area contributed by atoms with Crippen LogP contribution in [0.15, 0.2) is 48.9 Å². The molecular weight excluding hydrogens is 286 g/mol. The van der Waals surface area contributed by atoms with E-state index in [0.29, 0.717) is 6.04 Å². The molecule has 3 heterocycles. The largest absolute Gasteiger partial charge is 0.381 e. The minimum Gasteiger partial charge on any atom is -0.381 e. The third-order valence-electron chi connectivity index (χ3n) is 4.45. The van der Waals surface area contributed by atoms with Crippen LogP contribution < -0.4 is 5.32 Å². The molecule has 1 atom stereocenters. The molecule has 1 fully saturated rings. The first-order valence-electron chi connectivity index (χ1n) is 8.18. The quantitative estimate of drug-likeness (QED) is 0.778. The molecule has 0 saturated carbocycles. The van der Waals surface area contributed by atoms with Gasteiger partial charge in [-0.2, -0.15) is 5.10 Å². The highest BCUT2D eigenvalue weighted by Gasteiger charge is 2.19. The van der Waals surface area contributed by atoms with Gasteiger partial charge >= 0.3 is 0 Å². The lowest BCUT2D eigenvalue weighted by molar-refractivity contribution is 0.208. The summed E-state index contributed by atoms with van der Waals surface area (Å²) in [5.41, 5.74) is 3.54. The molecule has 0 spiro atoms. The van der Waals surface area contributed by atoms with E-state index in [9.17, 15) is 0 Å². The van der Waals surface area contributed by atoms with Gasteiger partial charge < -0.3 is 5.32 Å². The lowest BCUT2D eigenvalue weighted by Crippen LogP contribution is -2.41. The number of H-pyrrole nitrogens is 1. The van der Waals surface area contributed by atoms with Crippen LogP contribution in [0.3, 0.4) is 0 Å². The monoisotopic (exact) mass is 307 g/mol. The average molecular weight is 307 g/mol. The van der Waals surface area contributed by atoms with Gasteiger partial charge in [-0.1, -0.05) is 6.07 Å². The number of anilines is 1. The van der Waals surface area contributed by atoms with Crippen molar-refractivity contribution < 1.29 is 0 Å². The van der Waals surface area contributed by atoms with Crippen LogP contribution >= 0.6 is 0 Å². The van der Waals surface area contributed by atoms with Crippen LogP contribution in [-0.2, 0) is 6.54 Å². The zero-order valence-electron chi connectivity index (χ0n) is 13.1. The van der Waals surface area contributed by atoms with Crippen molar-refractivity contribution in [2.45, 2.75) is 25.4 Å². The predicted octanol–water partition coefficient (Wildman–Crippen LogP) is 3.03. The van der Waals surface area contributed by atoms with Crippen molar-refractivity contribution in [3.63, 3.8) is 0 Å². The molecule has 1 saturated heterocycles. The zero-order chi connectivity index (χ0) is 15.5. The van der Waals surface area contributed by atoms with Crippen LogP contribution in [0.5, 0.6) is 0 Å². The van der Waals surface area contributed by atoms with Gasteiger partial charge in [-0.15, -0.1) is 0 Å². The summed E-state index contributed by atoms with van der Waals surface area (Å²) in [6.45, 7) is 3.21. The lowest BCUT2D eigenvalue weighted by atomic mass is 10.0. The SMILES string of the molecule is c1cncc(CN2CCCC(Nc3ccc4[nH]ncc4c3)C2)c1. The van der Waals surface area contributed by atoms with E-state index >= 15 is 0 Å². The summed E-state index contributed by atoms with van der Waals surface area (Å²) < 4.78 is 0. The topological polar surface area (TPSA) is 56.8 Å². The Labute approximate surface area is 135 Å².